The van der Waals surface area contributed by atoms with E-state index in [-0.39, 0.29) is 6.10 Å². The largest absolute Gasteiger partial charge is 0.490 e. The molecule has 0 amide bonds. The molecular formula is C18H20N4O. The minimum Gasteiger partial charge on any atom is -0.490 e. The Bertz CT molecular complexity index is 805. The molecule has 0 bridgehead atoms. The number of aromatic amines is 1. The van der Waals surface area contributed by atoms with Crippen molar-refractivity contribution >= 4 is 16.9 Å². The lowest BCUT2D eigenvalue weighted by atomic mass is 10.1. The van der Waals surface area contributed by atoms with Gasteiger partial charge in [0.2, 0.25) is 5.95 Å². The van der Waals surface area contributed by atoms with E-state index in [0.29, 0.717) is 0 Å². The number of piperidine rings is 1. The number of rotatable bonds is 3. The number of anilines is 1. The van der Waals surface area contributed by atoms with Crippen LogP contribution in [-0.2, 0) is 0 Å². The number of H-pyrrole nitrogens is 1. The van der Waals surface area contributed by atoms with Crippen LogP contribution in [0.1, 0.15) is 18.5 Å². The summed E-state index contributed by atoms with van der Waals surface area (Å²) in [5, 5.41) is 1.15. The molecule has 1 aromatic carbocycles. The summed E-state index contributed by atoms with van der Waals surface area (Å²) in [6.45, 7) is 3.85. The lowest BCUT2D eigenvalue weighted by molar-refractivity contribution is 0.172. The maximum absolute atomic E-state index is 6.25. The second kappa shape index (κ2) is 5.91. The van der Waals surface area contributed by atoms with Gasteiger partial charge in [-0.15, -0.1) is 0 Å². The number of ether oxygens (including phenoxy) is 1. The van der Waals surface area contributed by atoms with E-state index >= 15 is 0 Å². The number of nitrogens with zero attached hydrogens (tertiary/aromatic N) is 3. The molecule has 0 atom stereocenters. The van der Waals surface area contributed by atoms with Crippen LogP contribution in [0, 0.1) is 6.92 Å². The van der Waals surface area contributed by atoms with Crippen LogP contribution in [0.15, 0.2) is 42.7 Å². The molecule has 2 aromatic heterocycles. The summed E-state index contributed by atoms with van der Waals surface area (Å²) in [5.41, 5.74) is 2.13. The monoisotopic (exact) mass is 308 g/mol. The van der Waals surface area contributed by atoms with Crippen LogP contribution in [0.2, 0.25) is 0 Å². The Morgan fingerprint density at radius 3 is 2.87 bits per heavy atom. The van der Waals surface area contributed by atoms with Crippen molar-refractivity contribution in [3.05, 3.63) is 48.4 Å². The van der Waals surface area contributed by atoms with Gasteiger partial charge in [-0.1, -0.05) is 6.07 Å². The zero-order valence-corrected chi connectivity index (χ0v) is 13.2. The predicted molar refractivity (Wildman–Crippen MR) is 90.9 cm³/mol. The number of aromatic nitrogens is 3. The second-order valence-corrected chi connectivity index (χ2v) is 6.00. The van der Waals surface area contributed by atoms with Gasteiger partial charge in [0.05, 0.1) is 0 Å². The third-order valence-electron chi connectivity index (χ3n) is 4.36. The van der Waals surface area contributed by atoms with Crippen molar-refractivity contribution in [1.29, 1.82) is 0 Å². The molecule has 0 aliphatic carbocycles. The Morgan fingerprint density at radius 1 is 1.17 bits per heavy atom. The molecule has 3 heterocycles. The molecule has 5 heteroatoms. The average Bonchev–Trinajstić information content (AvgIpc) is 3.05. The average molecular weight is 308 g/mol. The minimum atomic E-state index is 0.247. The van der Waals surface area contributed by atoms with Crippen LogP contribution < -0.4 is 9.64 Å². The fourth-order valence-electron chi connectivity index (χ4n) is 3.10. The fraction of sp³-hybridized carbons (Fsp3) is 0.333. The first-order valence-corrected chi connectivity index (χ1v) is 8.07. The standard InChI is InChI=1S/C18H20N4O/c1-13-5-9-20-18(21-13)22-11-7-14(8-12-22)23-17-4-2-3-16-15(17)6-10-19-16/h2-6,9-10,14,19H,7-8,11-12H2,1H3. The van der Waals surface area contributed by atoms with Crippen molar-refractivity contribution in [2.45, 2.75) is 25.9 Å². The topological polar surface area (TPSA) is 54.0 Å². The van der Waals surface area contributed by atoms with Crippen LogP contribution >= 0.6 is 0 Å². The molecule has 0 saturated carbocycles. The lowest BCUT2D eigenvalue weighted by Crippen LogP contribution is -2.39. The summed E-state index contributed by atoms with van der Waals surface area (Å²) in [6.07, 6.45) is 6.00. The summed E-state index contributed by atoms with van der Waals surface area (Å²) in [5.74, 6) is 1.80. The van der Waals surface area contributed by atoms with E-state index in [1.165, 1.54) is 0 Å². The van der Waals surface area contributed by atoms with Gasteiger partial charge in [0.15, 0.2) is 0 Å². The van der Waals surface area contributed by atoms with Gasteiger partial charge in [-0.3, -0.25) is 0 Å². The van der Waals surface area contributed by atoms with Crippen LogP contribution in [0.3, 0.4) is 0 Å². The zero-order chi connectivity index (χ0) is 15.6. The van der Waals surface area contributed by atoms with Crippen molar-refractivity contribution in [3.8, 4) is 5.75 Å². The van der Waals surface area contributed by atoms with E-state index in [2.05, 4.69) is 32.0 Å². The van der Waals surface area contributed by atoms with Gasteiger partial charge in [-0.05, 0) is 31.2 Å². The van der Waals surface area contributed by atoms with Crippen molar-refractivity contribution in [2.24, 2.45) is 0 Å². The molecule has 5 nitrogen and oxygen atoms in total. The summed E-state index contributed by atoms with van der Waals surface area (Å²) in [6, 6.07) is 10.1. The Labute approximate surface area is 135 Å². The molecule has 0 spiro atoms. The fourth-order valence-corrected chi connectivity index (χ4v) is 3.10. The van der Waals surface area contributed by atoms with Gasteiger partial charge in [-0.25, -0.2) is 9.97 Å². The smallest absolute Gasteiger partial charge is 0.225 e. The highest BCUT2D eigenvalue weighted by molar-refractivity contribution is 5.85. The molecular weight excluding hydrogens is 288 g/mol. The maximum atomic E-state index is 6.25. The van der Waals surface area contributed by atoms with E-state index in [1.807, 2.05) is 37.5 Å². The minimum absolute atomic E-state index is 0.247. The highest BCUT2D eigenvalue weighted by Crippen LogP contribution is 2.28. The van der Waals surface area contributed by atoms with Crippen LogP contribution in [0.5, 0.6) is 5.75 Å². The van der Waals surface area contributed by atoms with E-state index in [9.17, 15) is 0 Å². The second-order valence-electron chi connectivity index (χ2n) is 6.00. The third-order valence-corrected chi connectivity index (χ3v) is 4.36. The molecule has 1 aliphatic rings. The van der Waals surface area contributed by atoms with E-state index in [0.717, 1.165) is 54.2 Å². The van der Waals surface area contributed by atoms with Gasteiger partial charge >= 0.3 is 0 Å². The molecule has 0 radical (unpaired) electrons. The molecule has 1 fully saturated rings. The molecule has 1 saturated heterocycles. The molecule has 4 rings (SSSR count). The highest BCUT2D eigenvalue weighted by atomic mass is 16.5. The third kappa shape index (κ3) is 2.86. The summed E-state index contributed by atoms with van der Waals surface area (Å²) in [7, 11) is 0. The first kappa shape index (κ1) is 14.1. The number of benzene rings is 1. The van der Waals surface area contributed by atoms with Gasteiger partial charge in [0.1, 0.15) is 11.9 Å². The number of nitrogens with one attached hydrogen (secondary N) is 1. The number of aryl methyl sites for hydroxylation is 1. The van der Waals surface area contributed by atoms with Crippen LogP contribution in [0.4, 0.5) is 5.95 Å². The van der Waals surface area contributed by atoms with Crippen molar-refractivity contribution in [1.82, 2.24) is 15.0 Å². The SMILES string of the molecule is Cc1ccnc(N2CCC(Oc3cccc4[nH]ccc34)CC2)n1. The van der Waals surface area contributed by atoms with Gasteiger partial charge in [-0.2, -0.15) is 0 Å². The molecule has 23 heavy (non-hydrogen) atoms. The lowest BCUT2D eigenvalue weighted by Gasteiger charge is -2.32. The first-order chi connectivity index (χ1) is 11.3. The first-order valence-electron chi connectivity index (χ1n) is 8.07. The van der Waals surface area contributed by atoms with E-state index < -0.39 is 0 Å². The quantitative estimate of drug-likeness (QED) is 0.806. The zero-order valence-electron chi connectivity index (χ0n) is 13.2. The van der Waals surface area contributed by atoms with Crippen LogP contribution in [0.25, 0.3) is 10.9 Å². The van der Waals surface area contributed by atoms with Crippen LogP contribution in [-0.4, -0.2) is 34.1 Å². The van der Waals surface area contributed by atoms with Gasteiger partial charge in [0, 0.05) is 54.9 Å². The Morgan fingerprint density at radius 2 is 2.04 bits per heavy atom. The Balaban J connectivity index is 1.43. The van der Waals surface area contributed by atoms with E-state index in [1.54, 1.807) is 0 Å². The molecule has 0 unspecified atom stereocenters. The van der Waals surface area contributed by atoms with E-state index in [4.69, 9.17) is 4.74 Å². The molecule has 1 N–H and O–H groups in total. The van der Waals surface area contributed by atoms with Crippen molar-refractivity contribution in [2.75, 3.05) is 18.0 Å². The summed E-state index contributed by atoms with van der Waals surface area (Å²) >= 11 is 0. The maximum Gasteiger partial charge on any atom is 0.225 e. The van der Waals surface area contributed by atoms with Gasteiger partial charge in [0.25, 0.3) is 0 Å². The molecule has 118 valence electrons. The normalized spacial score (nSPS) is 16.0. The van der Waals surface area contributed by atoms with Gasteiger partial charge < -0.3 is 14.6 Å². The summed E-state index contributed by atoms with van der Waals surface area (Å²) in [4.78, 5) is 14.4. The highest BCUT2D eigenvalue weighted by Gasteiger charge is 2.22. The number of hydrogen-bond donors (Lipinski definition) is 1. The molecule has 1 aliphatic heterocycles. The number of hydrogen-bond acceptors (Lipinski definition) is 4. The Kier molecular flexibility index (Phi) is 3.61. The summed E-state index contributed by atoms with van der Waals surface area (Å²) < 4.78 is 6.25. The Hall–Kier alpha value is -2.56. The predicted octanol–water partition coefficient (Wildman–Crippen LogP) is 3.31. The van der Waals surface area contributed by atoms with Crippen molar-refractivity contribution in [3.63, 3.8) is 0 Å². The molecule has 3 aromatic rings. The number of fused-ring (bicyclic) bond motifs is 1. The van der Waals surface area contributed by atoms with Crippen molar-refractivity contribution < 1.29 is 4.74 Å².